The summed E-state index contributed by atoms with van der Waals surface area (Å²) in [6.45, 7) is 5.48. The molecule has 0 aliphatic carbocycles. The molecule has 1 atom stereocenters. The lowest BCUT2D eigenvalue weighted by molar-refractivity contribution is -0.115. The van der Waals surface area contributed by atoms with Crippen LogP contribution in [0, 0.1) is 5.41 Å². The van der Waals surface area contributed by atoms with Crippen LogP contribution in [-0.2, 0) is 4.79 Å². The molecule has 0 aromatic heterocycles. The van der Waals surface area contributed by atoms with E-state index >= 15 is 0 Å². The van der Waals surface area contributed by atoms with E-state index in [2.05, 4.69) is 0 Å². The van der Waals surface area contributed by atoms with Crippen LogP contribution < -0.4 is 5.73 Å². The average molecular weight is 115 g/mol. The van der Waals surface area contributed by atoms with Crippen molar-refractivity contribution in [2.24, 2.45) is 11.1 Å². The fourth-order valence-electron chi connectivity index (χ4n) is 0.107. The largest absolute Gasteiger partial charge is 0.327 e. The van der Waals surface area contributed by atoms with E-state index in [-0.39, 0.29) is 11.5 Å². The van der Waals surface area contributed by atoms with E-state index in [4.69, 9.17) is 5.73 Å². The maximum atomic E-state index is 10.2. The molecule has 0 fully saturated rings. The fraction of sp³-hybridized carbons (Fsp3) is 0.833. The highest BCUT2D eigenvalue weighted by molar-refractivity contribution is 5.59. The lowest BCUT2D eigenvalue weighted by Crippen LogP contribution is -2.35. The van der Waals surface area contributed by atoms with Crippen LogP contribution in [-0.4, -0.2) is 12.3 Å². The van der Waals surface area contributed by atoms with Gasteiger partial charge in [-0.25, -0.2) is 0 Å². The summed E-state index contributed by atoms with van der Waals surface area (Å²) >= 11 is 0. The Kier molecular flexibility index (Phi) is 2.16. The highest BCUT2D eigenvalue weighted by Gasteiger charge is 2.20. The lowest BCUT2D eigenvalue weighted by atomic mass is 9.88. The molecule has 0 aromatic carbocycles. The van der Waals surface area contributed by atoms with Crippen molar-refractivity contribution >= 4 is 6.29 Å². The summed E-state index contributed by atoms with van der Waals surface area (Å²) in [5, 5.41) is 0. The van der Waals surface area contributed by atoms with Gasteiger partial charge in [-0.3, -0.25) is 0 Å². The minimum absolute atomic E-state index is 0.0556. The first-order valence-corrected chi connectivity index (χ1v) is 2.72. The first-order chi connectivity index (χ1) is 3.50. The molecule has 0 heterocycles. The monoisotopic (exact) mass is 115 g/mol. The van der Waals surface area contributed by atoms with E-state index in [0.717, 1.165) is 6.29 Å². The van der Waals surface area contributed by atoms with Crippen molar-refractivity contribution in [1.29, 1.82) is 0 Å². The molecule has 0 saturated heterocycles. The average Bonchev–Trinajstić information content (AvgIpc) is 1.67. The Morgan fingerprint density at radius 1 is 1.62 bits per heavy atom. The van der Waals surface area contributed by atoms with Crippen molar-refractivity contribution in [2.75, 3.05) is 0 Å². The predicted molar refractivity (Wildman–Crippen MR) is 33.5 cm³/mol. The Hall–Kier alpha value is -0.370. The molecule has 0 rings (SSSR count). The molecule has 0 aliphatic rings. The Balaban J connectivity index is 3.90. The zero-order valence-corrected chi connectivity index (χ0v) is 5.64. The third-order valence-electron chi connectivity index (χ3n) is 1.48. The quantitative estimate of drug-likeness (QED) is 0.534. The standard InChI is InChI=1S/C6H13NO/c1-5(7)6(2,3)4-8/h4-5H,7H2,1-3H3. The fourth-order valence-corrected chi connectivity index (χ4v) is 0.107. The number of rotatable bonds is 2. The third kappa shape index (κ3) is 1.62. The second-order valence-electron chi connectivity index (χ2n) is 2.73. The van der Waals surface area contributed by atoms with Crippen molar-refractivity contribution in [1.82, 2.24) is 0 Å². The van der Waals surface area contributed by atoms with Gasteiger partial charge in [-0.2, -0.15) is 0 Å². The first-order valence-electron chi connectivity index (χ1n) is 2.72. The first kappa shape index (κ1) is 7.63. The molecule has 1 unspecified atom stereocenters. The normalized spacial score (nSPS) is 15.5. The third-order valence-corrected chi connectivity index (χ3v) is 1.48. The van der Waals surface area contributed by atoms with E-state index in [1.54, 1.807) is 0 Å². The lowest BCUT2D eigenvalue weighted by Gasteiger charge is -2.20. The number of hydrogen-bond donors (Lipinski definition) is 1. The van der Waals surface area contributed by atoms with Crippen LogP contribution >= 0.6 is 0 Å². The molecule has 0 spiro atoms. The molecule has 0 bridgehead atoms. The van der Waals surface area contributed by atoms with Gasteiger partial charge in [0.25, 0.3) is 0 Å². The van der Waals surface area contributed by atoms with Gasteiger partial charge in [0.05, 0.1) is 0 Å². The molecule has 0 saturated carbocycles. The smallest absolute Gasteiger partial charge is 0.127 e. The zero-order chi connectivity index (χ0) is 6.78. The van der Waals surface area contributed by atoms with Crippen molar-refractivity contribution in [2.45, 2.75) is 26.8 Å². The van der Waals surface area contributed by atoms with Crippen LogP contribution in [0.4, 0.5) is 0 Å². The van der Waals surface area contributed by atoms with E-state index in [1.165, 1.54) is 0 Å². The van der Waals surface area contributed by atoms with Crippen LogP contribution in [0.15, 0.2) is 0 Å². The summed E-state index contributed by atoms with van der Waals surface area (Å²) in [5.74, 6) is 0. The van der Waals surface area contributed by atoms with Crippen molar-refractivity contribution < 1.29 is 4.79 Å². The highest BCUT2D eigenvalue weighted by Crippen LogP contribution is 2.13. The molecule has 2 N–H and O–H groups in total. The van der Waals surface area contributed by atoms with Gasteiger partial charge in [0.1, 0.15) is 6.29 Å². The molecular weight excluding hydrogens is 102 g/mol. The van der Waals surface area contributed by atoms with Crippen LogP contribution in [0.5, 0.6) is 0 Å². The Bertz CT molecular complexity index is 86.5. The van der Waals surface area contributed by atoms with Gasteiger partial charge < -0.3 is 10.5 Å². The zero-order valence-electron chi connectivity index (χ0n) is 5.64. The van der Waals surface area contributed by atoms with E-state index in [1.807, 2.05) is 20.8 Å². The summed E-state index contributed by atoms with van der Waals surface area (Å²) in [7, 11) is 0. The highest BCUT2D eigenvalue weighted by atomic mass is 16.1. The molecule has 2 heteroatoms. The second-order valence-corrected chi connectivity index (χ2v) is 2.73. The van der Waals surface area contributed by atoms with Crippen molar-refractivity contribution in [3.05, 3.63) is 0 Å². The Morgan fingerprint density at radius 3 is 2.00 bits per heavy atom. The molecule has 8 heavy (non-hydrogen) atoms. The van der Waals surface area contributed by atoms with Crippen LogP contribution in [0.3, 0.4) is 0 Å². The van der Waals surface area contributed by atoms with Crippen molar-refractivity contribution in [3.63, 3.8) is 0 Å². The van der Waals surface area contributed by atoms with Gasteiger partial charge in [0.15, 0.2) is 0 Å². The van der Waals surface area contributed by atoms with Gasteiger partial charge in [-0.05, 0) is 6.92 Å². The number of hydrogen-bond acceptors (Lipinski definition) is 2. The van der Waals surface area contributed by atoms with Crippen LogP contribution in [0.1, 0.15) is 20.8 Å². The Labute approximate surface area is 50.1 Å². The molecular formula is C6H13NO. The van der Waals surface area contributed by atoms with Gasteiger partial charge in [0.2, 0.25) is 0 Å². The van der Waals surface area contributed by atoms with Gasteiger partial charge in [0, 0.05) is 11.5 Å². The SMILES string of the molecule is CC(N)C(C)(C)C=O. The summed E-state index contributed by atoms with van der Waals surface area (Å²) < 4.78 is 0. The van der Waals surface area contributed by atoms with Gasteiger partial charge in [-0.1, -0.05) is 13.8 Å². The summed E-state index contributed by atoms with van der Waals surface area (Å²) in [6.07, 6.45) is 0.887. The summed E-state index contributed by atoms with van der Waals surface area (Å²) in [6, 6.07) is -0.0556. The van der Waals surface area contributed by atoms with Crippen molar-refractivity contribution in [3.8, 4) is 0 Å². The molecule has 0 amide bonds. The number of carbonyl (C=O) groups is 1. The molecule has 0 radical (unpaired) electrons. The van der Waals surface area contributed by atoms with Crippen LogP contribution in [0.25, 0.3) is 0 Å². The number of carbonyl (C=O) groups excluding carboxylic acids is 1. The maximum absolute atomic E-state index is 10.2. The minimum atomic E-state index is -0.361. The number of nitrogens with two attached hydrogens (primary N) is 1. The maximum Gasteiger partial charge on any atom is 0.127 e. The molecule has 0 aromatic rings. The summed E-state index contributed by atoms with van der Waals surface area (Å²) in [4.78, 5) is 10.2. The molecule has 2 nitrogen and oxygen atoms in total. The predicted octanol–water partition coefficient (Wildman–Crippen LogP) is 0.559. The Morgan fingerprint density at radius 2 is 2.00 bits per heavy atom. The van der Waals surface area contributed by atoms with E-state index in [0.29, 0.717) is 0 Å². The van der Waals surface area contributed by atoms with Gasteiger partial charge >= 0.3 is 0 Å². The minimum Gasteiger partial charge on any atom is -0.327 e. The summed E-state index contributed by atoms with van der Waals surface area (Å²) in [5.41, 5.74) is 5.09. The van der Waals surface area contributed by atoms with E-state index in [9.17, 15) is 4.79 Å². The number of aldehydes is 1. The van der Waals surface area contributed by atoms with Gasteiger partial charge in [-0.15, -0.1) is 0 Å². The van der Waals surface area contributed by atoms with Crippen LogP contribution in [0.2, 0.25) is 0 Å². The second kappa shape index (κ2) is 2.27. The molecule has 0 aliphatic heterocycles. The van der Waals surface area contributed by atoms with E-state index < -0.39 is 0 Å². The molecule has 48 valence electrons. The topological polar surface area (TPSA) is 43.1 Å².